The summed E-state index contributed by atoms with van der Waals surface area (Å²) in [5.41, 5.74) is -0.375. The number of carbonyl (C=O) groups is 3. The number of aliphatic hydroxyl groups excluding tert-OH is 1. The van der Waals surface area contributed by atoms with E-state index in [0.29, 0.717) is 12.0 Å². The molecule has 1 N–H and O–H groups in total. The second kappa shape index (κ2) is 7.82. The van der Waals surface area contributed by atoms with Gasteiger partial charge in [-0.15, -0.1) is 0 Å². The van der Waals surface area contributed by atoms with E-state index in [1.807, 2.05) is 19.9 Å². The highest BCUT2D eigenvalue weighted by atomic mass is 16.5. The highest BCUT2D eigenvalue weighted by molar-refractivity contribution is 6.01. The molecule has 0 spiro atoms. The number of aliphatic hydroxyl groups is 1. The Morgan fingerprint density at radius 1 is 1.00 bits per heavy atom. The van der Waals surface area contributed by atoms with E-state index < -0.39 is 10.8 Å². The molecule has 0 aromatic heterocycles. The summed E-state index contributed by atoms with van der Waals surface area (Å²) in [6.07, 6.45) is 9.42. The lowest BCUT2D eigenvalue weighted by molar-refractivity contribution is -0.192. The summed E-state index contributed by atoms with van der Waals surface area (Å²) in [4.78, 5) is 41.0. The lowest BCUT2D eigenvalue weighted by atomic mass is 9.33. The summed E-state index contributed by atoms with van der Waals surface area (Å²) < 4.78 is 5.41. The first-order valence-electron chi connectivity index (χ1n) is 14.3. The average Bonchev–Trinajstić information content (AvgIpc) is 2.82. The molecule has 0 unspecified atom stereocenters. The Kier molecular flexibility index (Phi) is 5.64. The van der Waals surface area contributed by atoms with Crippen LogP contribution in [-0.4, -0.2) is 29.8 Å². The molecule has 0 bridgehead atoms. The number of fused-ring (bicyclic) bond motifs is 7. The minimum atomic E-state index is -0.607. The van der Waals surface area contributed by atoms with Crippen LogP contribution in [0.3, 0.4) is 0 Å². The second-order valence-corrected chi connectivity index (χ2v) is 15.2. The molecule has 37 heavy (non-hydrogen) atoms. The molecule has 4 saturated carbocycles. The van der Waals surface area contributed by atoms with E-state index in [4.69, 9.17) is 4.74 Å². The number of hydrogen-bond acceptors (Lipinski definition) is 5. The predicted molar refractivity (Wildman–Crippen MR) is 143 cm³/mol. The summed E-state index contributed by atoms with van der Waals surface area (Å²) in [5, 5.41) is 10.0. The van der Waals surface area contributed by atoms with Crippen LogP contribution < -0.4 is 0 Å². The van der Waals surface area contributed by atoms with Gasteiger partial charge in [-0.25, -0.2) is 0 Å². The van der Waals surface area contributed by atoms with E-state index >= 15 is 0 Å². The third kappa shape index (κ3) is 3.18. The van der Waals surface area contributed by atoms with Gasteiger partial charge in [0.05, 0.1) is 18.8 Å². The molecule has 0 aromatic rings. The van der Waals surface area contributed by atoms with E-state index in [1.54, 1.807) is 0 Å². The fourth-order valence-corrected chi connectivity index (χ4v) is 10.5. The maximum Gasteiger partial charge on any atom is 0.312 e. The van der Waals surface area contributed by atoms with E-state index in [1.165, 1.54) is 12.7 Å². The summed E-state index contributed by atoms with van der Waals surface area (Å²) in [6.45, 7) is 15.4. The molecule has 0 saturated heterocycles. The number of ether oxygens (including phenoxy) is 1. The predicted octanol–water partition coefficient (Wildman–Crippen LogP) is 6.76. The molecule has 5 heteroatoms. The van der Waals surface area contributed by atoms with Gasteiger partial charge in [0.15, 0.2) is 11.6 Å². The first-order valence-corrected chi connectivity index (χ1v) is 14.3. The van der Waals surface area contributed by atoms with Crippen molar-refractivity contribution in [2.24, 2.45) is 50.2 Å². The number of rotatable bonds is 1. The van der Waals surface area contributed by atoms with Gasteiger partial charge < -0.3 is 9.84 Å². The number of ketones is 2. The van der Waals surface area contributed by atoms with Crippen molar-refractivity contribution in [3.63, 3.8) is 0 Å². The number of carbonyl (C=O) groups excluding carboxylic acids is 3. The molecular formula is C32H46O5. The molecule has 5 rings (SSSR count). The van der Waals surface area contributed by atoms with Crippen molar-refractivity contribution < 1.29 is 24.2 Å². The monoisotopic (exact) mass is 510 g/mol. The molecule has 204 valence electrons. The Hall–Kier alpha value is -1.91. The number of allylic oxidation sites excluding steroid dienone is 3. The fraction of sp³-hybridized carbons (Fsp3) is 0.781. The fourth-order valence-electron chi connectivity index (χ4n) is 10.5. The molecule has 0 amide bonds. The third-order valence-electron chi connectivity index (χ3n) is 12.7. The Bertz CT molecular complexity index is 1130. The van der Waals surface area contributed by atoms with Crippen molar-refractivity contribution in [1.82, 2.24) is 0 Å². The van der Waals surface area contributed by atoms with Gasteiger partial charge in [0.25, 0.3) is 0 Å². The SMILES string of the molecule is COC(=O)[C@]12CCC(C)(C)C[C@H]1[C@H]1C(=O)C=C3[C@]4(C)C/C(=C\O)C(=O)C(C)(C)[C@H]4CC[C@@]3(C)[C@@]1(C)CC2. The Morgan fingerprint density at radius 2 is 1.65 bits per heavy atom. The first-order chi connectivity index (χ1) is 17.0. The van der Waals surface area contributed by atoms with E-state index in [0.717, 1.165) is 51.2 Å². The quantitative estimate of drug-likeness (QED) is 0.239. The van der Waals surface area contributed by atoms with Crippen molar-refractivity contribution in [3.8, 4) is 0 Å². The van der Waals surface area contributed by atoms with Gasteiger partial charge in [-0.1, -0.05) is 54.0 Å². The van der Waals surface area contributed by atoms with Crippen LogP contribution in [0.4, 0.5) is 0 Å². The maximum absolute atomic E-state index is 14.4. The van der Waals surface area contributed by atoms with Crippen LogP contribution in [0.15, 0.2) is 23.5 Å². The lowest BCUT2D eigenvalue weighted by Gasteiger charge is -2.69. The van der Waals surface area contributed by atoms with Crippen LogP contribution in [0, 0.1) is 50.2 Å². The van der Waals surface area contributed by atoms with Crippen LogP contribution in [0.25, 0.3) is 0 Å². The number of hydrogen-bond donors (Lipinski definition) is 1. The standard InChI is InChI=1S/C32H46O5/c1-27(2)11-13-32(26(36)37-8)14-12-31(7)24(20(32)17-27)21(34)15-23-29(5)16-19(18-33)25(35)28(3,4)22(29)9-10-30(23,31)6/h15,18,20,22,24,33H,9-14,16-17H2,1-8H3/b19-18+/t20-,22+,24-,29+,30+,31-,32-/m0/s1. The highest BCUT2D eigenvalue weighted by Gasteiger charge is 2.71. The third-order valence-corrected chi connectivity index (χ3v) is 12.7. The van der Waals surface area contributed by atoms with Gasteiger partial charge in [-0.2, -0.15) is 0 Å². The zero-order valence-corrected chi connectivity index (χ0v) is 24.1. The zero-order chi connectivity index (χ0) is 27.4. The van der Waals surface area contributed by atoms with Crippen LogP contribution in [-0.2, 0) is 19.1 Å². The Balaban J connectivity index is 1.68. The lowest BCUT2D eigenvalue weighted by Crippen LogP contribution is -2.66. The van der Waals surface area contributed by atoms with Crippen molar-refractivity contribution in [3.05, 3.63) is 23.5 Å². The number of methoxy groups -OCH3 is 1. The average molecular weight is 511 g/mol. The summed E-state index contributed by atoms with van der Waals surface area (Å²) in [5.74, 6) is -0.111. The minimum absolute atomic E-state index is 0.0258. The van der Waals surface area contributed by atoms with Crippen LogP contribution in [0.5, 0.6) is 0 Å². The molecule has 0 aromatic carbocycles. The zero-order valence-electron chi connectivity index (χ0n) is 24.1. The van der Waals surface area contributed by atoms with Gasteiger partial charge in [0, 0.05) is 16.9 Å². The highest BCUT2D eigenvalue weighted by Crippen LogP contribution is 2.75. The van der Waals surface area contributed by atoms with Crippen LogP contribution in [0.1, 0.15) is 99.8 Å². The summed E-state index contributed by atoms with van der Waals surface area (Å²) in [6, 6.07) is 0. The van der Waals surface area contributed by atoms with Crippen LogP contribution >= 0.6 is 0 Å². The molecule has 0 heterocycles. The Labute approximate surface area is 222 Å². The molecule has 5 aliphatic rings. The molecule has 7 atom stereocenters. The topological polar surface area (TPSA) is 80.7 Å². The van der Waals surface area contributed by atoms with Crippen molar-refractivity contribution in [2.45, 2.75) is 99.8 Å². The van der Waals surface area contributed by atoms with Gasteiger partial charge in [-0.3, -0.25) is 14.4 Å². The van der Waals surface area contributed by atoms with Crippen molar-refractivity contribution in [2.75, 3.05) is 7.11 Å². The molecule has 4 fully saturated rings. The van der Waals surface area contributed by atoms with Gasteiger partial charge in [0.2, 0.25) is 0 Å². The Morgan fingerprint density at radius 3 is 2.27 bits per heavy atom. The molecule has 0 radical (unpaired) electrons. The minimum Gasteiger partial charge on any atom is -0.515 e. The van der Waals surface area contributed by atoms with E-state index in [9.17, 15) is 19.5 Å². The first kappa shape index (κ1) is 26.7. The summed E-state index contributed by atoms with van der Waals surface area (Å²) >= 11 is 0. The van der Waals surface area contributed by atoms with Gasteiger partial charge >= 0.3 is 5.97 Å². The molecule has 5 nitrogen and oxygen atoms in total. The molecule has 0 aliphatic heterocycles. The van der Waals surface area contributed by atoms with E-state index in [-0.39, 0.29) is 56.9 Å². The number of esters is 1. The number of Topliss-reactive ketones (excluding diaryl/α,β-unsaturated/α-hetero) is 1. The van der Waals surface area contributed by atoms with Crippen LogP contribution in [0.2, 0.25) is 0 Å². The molecular weight excluding hydrogens is 464 g/mol. The van der Waals surface area contributed by atoms with E-state index in [2.05, 4.69) is 34.6 Å². The van der Waals surface area contributed by atoms with Gasteiger partial charge in [0.1, 0.15) is 0 Å². The maximum atomic E-state index is 14.4. The van der Waals surface area contributed by atoms with Crippen molar-refractivity contribution in [1.29, 1.82) is 0 Å². The second-order valence-electron chi connectivity index (χ2n) is 15.2. The van der Waals surface area contributed by atoms with Gasteiger partial charge in [-0.05, 0) is 90.9 Å². The molecule has 5 aliphatic carbocycles. The normalized spacial score (nSPS) is 47.2. The smallest absolute Gasteiger partial charge is 0.312 e. The van der Waals surface area contributed by atoms with Crippen molar-refractivity contribution >= 4 is 17.5 Å². The summed E-state index contributed by atoms with van der Waals surface area (Å²) in [7, 11) is 1.49. The largest absolute Gasteiger partial charge is 0.515 e.